The maximum atomic E-state index is 12.0. The van der Waals surface area contributed by atoms with Gasteiger partial charge in [-0.25, -0.2) is 4.79 Å². The minimum atomic E-state index is -0.432. The molecule has 0 atom stereocenters. The second-order valence-corrected chi connectivity index (χ2v) is 6.79. The summed E-state index contributed by atoms with van der Waals surface area (Å²) < 4.78 is 16.6. The number of carbonyl (C=O) groups excluding carboxylic acids is 1. The summed E-state index contributed by atoms with van der Waals surface area (Å²) in [6.07, 6.45) is 3.39. The van der Waals surface area contributed by atoms with Gasteiger partial charge in [-0.1, -0.05) is 36.4 Å². The van der Waals surface area contributed by atoms with E-state index >= 15 is 0 Å². The van der Waals surface area contributed by atoms with Crippen molar-refractivity contribution >= 4 is 5.97 Å². The Balaban J connectivity index is 1.25. The lowest BCUT2D eigenvalue weighted by Crippen LogP contribution is -2.17. The van der Waals surface area contributed by atoms with Gasteiger partial charge < -0.3 is 14.2 Å². The largest absolute Gasteiger partial charge is 0.489 e. The second kappa shape index (κ2) is 8.61. The van der Waals surface area contributed by atoms with Crippen LogP contribution in [0.2, 0.25) is 0 Å². The molecule has 4 heteroatoms. The first kappa shape index (κ1) is 18.1. The van der Waals surface area contributed by atoms with Gasteiger partial charge >= 0.3 is 5.97 Å². The van der Waals surface area contributed by atoms with E-state index in [4.69, 9.17) is 14.2 Å². The summed E-state index contributed by atoms with van der Waals surface area (Å²) >= 11 is 0. The van der Waals surface area contributed by atoms with Crippen LogP contribution in [0.3, 0.4) is 0 Å². The maximum Gasteiger partial charge on any atom is 0.349 e. The van der Waals surface area contributed by atoms with E-state index in [9.17, 15) is 4.79 Å². The first-order valence-corrected chi connectivity index (χ1v) is 9.48. The molecule has 0 N–H and O–H groups in total. The quantitative estimate of drug-likeness (QED) is 0.443. The van der Waals surface area contributed by atoms with Gasteiger partial charge in [0.2, 0.25) is 0 Å². The zero-order chi connectivity index (χ0) is 19.2. The lowest BCUT2D eigenvalue weighted by Gasteiger charge is -2.09. The molecule has 0 spiro atoms. The third-order valence-corrected chi connectivity index (χ3v) is 4.73. The Hall–Kier alpha value is -3.27. The van der Waals surface area contributed by atoms with Crippen LogP contribution >= 0.6 is 0 Å². The molecular weight excluding hydrogens is 352 g/mol. The van der Waals surface area contributed by atoms with Crippen LogP contribution in [0.4, 0.5) is 0 Å². The zero-order valence-electron chi connectivity index (χ0n) is 15.6. The van der Waals surface area contributed by atoms with Crippen molar-refractivity contribution in [1.29, 1.82) is 0 Å². The Labute approximate surface area is 164 Å². The highest BCUT2D eigenvalue weighted by Crippen LogP contribution is 2.26. The molecule has 0 saturated heterocycles. The molecule has 28 heavy (non-hydrogen) atoms. The van der Waals surface area contributed by atoms with Crippen molar-refractivity contribution in [2.45, 2.75) is 25.9 Å². The van der Waals surface area contributed by atoms with Gasteiger partial charge in [0.15, 0.2) is 6.61 Å². The fourth-order valence-corrected chi connectivity index (χ4v) is 3.29. The first-order chi connectivity index (χ1) is 13.8. The summed E-state index contributed by atoms with van der Waals surface area (Å²) in [5.74, 6) is 1.47. The van der Waals surface area contributed by atoms with Crippen molar-refractivity contribution in [2.24, 2.45) is 0 Å². The SMILES string of the molecule is O=C(COc1ccc2c(c1)CCC2)Oc1ccc(OCc2ccccc2)cc1. The van der Waals surface area contributed by atoms with Gasteiger partial charge in [0, 0.05) is 0 Å². The molecule has 0 radical (unpaired) electrons. The molecule has 1 aliphatic rings. The van der Waals surface area contributed by atoms with Gasteiger partial charge in [-0.3, -0.25) is 0 Å². The highest BCUT2D eigenvalue weighted by Gasteiger charge is 2.12. The van der Waals surface area contributed by atoms with Crippen LogP contribution in [0.15, 0.2) is 72.8 Å². The lowest BCUT2D eigenvalue weighted by molar-refractivity contribution is -0.136. The van der Waals surface area contributed by atoms with Crippen molar-refractivity contribution in [3.63, 3.8) is 0 Å². The topological polar surface area (TPSA) is 44.8 Å². The fourth-order valence-electron chi connectivity index (χ4n) is 3.29. The smallest absolute Gasteiger partial charge is 0.349 e. The standard InChI is InChI=1S/C24H22O4/c25-24(17-27-23-10-9-19-7-4-8-20(19)15-23)28-22-13-11-21(12-14-22)26-16-18-5-2-1-3-6-18/h1-3,5-6,9-15H,4,7-8,16-17H2. The van der Waals surface area contributed by atoms with E-state index in [1.807, 2.05) is 42.5 Å². The van der Waals surface area contributed by atoms with Crippen LogP contribution in [0.5, 0.6) is 17.2 Å². The van der Waals surface area contributed by atoms with Crippen LogP contribution in [0.25, 0.3) is 0 Å². The van der Waals surface area contributed by atoms with Crippen molar-refractivity contribution < 1.29 is 19.0 Å². The van der Waals surface area contributed by atoms with E-state index in [2.05, 4.69) is 6.07 Å². The highest BCUT2D eigenvalue weighted by atomic mass is 16.6. The van der Waals surface area contributed by atoms with Crippen LogP contribution in [-0.2, 0) is 24.2 Å². The predicted octanol–water partition coefficient (Wildman–Crippen LogP) is 4.74. The first-order valence-electron chi connectivity index (χ1n) is 9.48. The van der Waals surface area contributed by atoms with E-state index in [1.54, 1.807) is 24.3 Å². The lowest BCUT2D eigenvalue weighted by atomic mass is 10.1. The fraction of sp³-hybridized carbons (Fsp3) is 0.208. The number of carbonyl (C=O) groups is 1. The minimum absolute atomic E-state index is 0.120. The van der Waals surface area contributed by atoms with E-state index in [1.165, 1.54) is 17.5 Å². The van der Waals surface area contributed by atoms with E-state index in [0.717, 1.165) is 24.2 Å². The second-order valence-electron chi connectivity index (χ2n) is 6.79. The molecule has 4 rings (SSSR count). The molecule has 1 aliphatic carbocycles. The summed E-state index contributed by atoms with van der Waals surface area (Å²) in [5, 5.41) is 0. The van der Waals surface area contributed by atoms with Crippen LogP contribution in [0, 0.1) is 0 Å². The Morgan fingerprint density at radius 1 is 0.750 bits per heavy atom. The molecule has 0 unspecified atom stereocenters. The Kier molecular flexibility index (Phi) is 5.57. The molecule has 0 amide bonds. The van der Waals surface area contributed by atoms with Crippen molar-refractivity contribution in [2.75, 3.05) is 6.61 Å². The Bertz CT molecular complexity index is 933. The molecule has 0 heterocycles. The molecule has 0 aromatic heterocycles. The van der Waals surface area contributed by atoms with Crippen molar-refractivity contribution in [3.05, 3.63) is 89.5 Å². The van der Waals surface area contributed by atoms with Gasteiger partial charge in [-0.05, 0) is 72.4 Å². The molecule has 3 aromatic rings. The molecule has 0 aliphatic heterocycles. The van der Waals surface area contributed by atoms with E-state index in [-0.39, 0.29) is 6.61 Å². The molecular formula is C24H22O4. The van der Waals surface area contributed by atoms with Crippen LogP contribution in [0.1, 0.15) is 23.1 Å². The Morgan fingerprint density at radius 3 is 2.29 bits per heavy atom. The van der Waals surface area contributed by atoms with Gasteiger partial charge in [0.25, 0.3) is 0 Å². The van der Waals surface area contributed by atoms with Crippen LogP contribution < -0.4 is 14.2 Å². The number of benzene rings is 3. The van der Waals surface area contributed by atoms with Gasteiger partial charge in [0.1, 0.15) is 23.9 Å². The van der Waals surface area contributed by atoms with E-state index < -0.39 is 5.97 Å². The third kappa shape index (κ3) is 4.71. The number of rotatable bonds is 7. The number of esters is 1. The minimum Gasteiger partial charge on any atom is -0.489 e. The number of ether oxygens (including phenoxy) is 3. The number of aryl methyl sites for hydroxylation is 2. The monoisotopic (exact) mass is 374 g/mol. The maximum absolute atomic E-state index is 12.0. The van der Waals surface area contributed by atoms with E-state index in [0.29, 0.717) is 18.1 Å². The summed E-state index contributed by atoms with van der Waals surface area (Å²) in [5.41, 5.74) is 3.79. The molecule has 142 valence electrons. The summed E-state index contributed by atoms with van der Waals surface area (Å²) in [6.45, 7) is 0.375. The average Bonchev–Trinajstić information content (AvgIpc) is 3.20. The predicted molar refractivity (Wildman–Crippen MR) is 107 cm³/mol. The van der Waals surface area contributed by atoms with Gasteiger partial charge in [0.05, 0.1) is 0 Å². The highest BCUT2D eigenvalue weighted by molar-refractivity contribution is 5.74. The zero-order valence-corrected chi connectivity index (χ0v) is 15.6. The molecule has 0 fully saturated rings. The normalized spacial score (nSPS) is 12.3. The molecule has 3 aromatic carbocycles. The van der Waals surface area contributed by atoms with Gasteiger partial charge in [-0.15, -0.1) is 0 Å². The Morgan fingerprint density at radius 2 is 1.46 bits per heavy atom. The summed E-state index contributed by atoms with van der Waals surface area (Å²) in [7, 11) is 0. The summed E-state index contributed by atoms with van der Waals surface area (Å²) in [6, 6.07) is 23.0. The molecule has 0 saturated carbocycles. The summed E-state index contributed by atoms with van der Waals surface area (Å²) in [4.78, 5) is 12.0. The average molecular weight is 374 g/mol. The van der Waals surface area contributed by atoms with Crippen molar-refractivity contribution in [1.82, 2.24) is 0 Å². The molecule has 4 nitrogen and oxygen atoms in total. The number of hydrogen-bond acceptors (Lipinski definition) is 4. The number of hydrogen-bond donors (Lipinski definition) is 0. The van der Waals surface area contributed by atoms with Crippen molar-refractivity contribution in [3.8, 4) is 17.2 Å². The third-order valence-electron chi connectivity index (χ3n) is 4.73. The number of fused-ring (bicyclic) bond motifs is 1. The molecule has 0 bridgehead atoms. The van der Waals surface area contributed by atoms with Crippen LogP contribution in [-0.4, -0.2) is 12.6 Å². The van der Waals surface area contributed by atoms with Gasteiger partial charge in [-0.2, -0.15) is 0 Å².